The molecule has 0 bridgehead atoms. The maximum atomic E-state index is 11.4. The lowest BCUT2D eigenvalue weighted by molar-refractivity contribution is 0.600. The van der Waals surface area contributed by atoms with Crippen molar-refractivity contribution >= 4 is 15.5 Å². The van der Waals surface area contributed by atoms with Crippen LogP contribution in [0.4, 0.5) is 5.69 Å². The summed E-state index contributed by atoms with van der Waals surface area (Å²) in [7, 11) is -3.11. The van der Waals surface area contributed by atoms with Gasteiger partial charge in [0.15, 0.2) is 9.84 Å². The van der Waals surface area contributed by atoms with E-state index in [9.17, 15) is 8.42 Å². The molecule has 0 radical (unpaired) electrons. The highest BCUT2D eigenvalue weighted by Crippen LogP contribution is 2.28. The van der Waals surface area contributed by atoms with Gasteiger partial charge >= 0.3 is 0 Å². The van der Waals surface area contributed by atoms with Gasteiger partial charge < -0.3 is 5.32 Å². The van der Waals surface area contributed by atoms with Crippen molar-refractivity contribution in [2.24, 2.45) is 5.92 Å². The van der Waals surface area contributed by atoms with Gasteiger partial charge in [-0.2, -0.15) is 0 Å². The third kappa shape index (κ3) is 3.22. The van der Waals surface area contributed by atoms with Gasteiger partial charge in [0.1, 0.15) is 0 Å². The number of rotatable bonds is 3. The Morgan fingerprint density at radius 2 is 2.06 bits per heavy atom. The third-order valence-corrected chi connectivity index (χ3v) is 4.44. The first-order valence-electron chi connectivity index (χ1n) is 6.02. The molecule has 1 fully saturated rings. The smallest absolute Gasteiger partial charge is 0.175 e. The average molecular weight is 253 g/mol. The molecule has 0 heterocycles. The van der Waals surface area contributed by atoms with E-state index in [0.717, 1.165) is 11.6 Å². The van der Waals surface area contributed by atoms with Gasteiger partial charge in [-0.1, -0.05) is 13.0 Å². The number of nitrogens with one attached hydrogen (secondary N) is 1. The molecule has 1 N–H and O–H groups in total. The summed E-state index contributed by atoms with van der Waals surface area (Å²) in [4.78, 5) is 0.383. The van der Waals surface area contributed by atoms with Crippen LogP contribution in [0.15, 0.2) is 29.2 Å². The second kappa shape index (κ2) is 4.69. The molecule has 0 spiro atoms. The summed E-state index contributed by atoms with van der Waals surface area (Å²) >= 11 is 0. The number of anilines is 1. The van der Waals surface area contributed by atoms with E-state index >= 15 is 0 Å². The van der Waals surface area contributed by atoms with Crippen molar-refractivity contribution in [2.45, 2.75) is 37.1 Å². The van der Waals surface area contributed by atoms with Crippen LogP contribution in [-0.2, 0) is 9.84 Å². The van der Waals surface area contributed by atoms with E-state index in [1.54, 1.807) is 18.2 Å². The fraction of sp³-hybridized carbons (Fsp3) is 0.538. The van der Waals surface area contributed by atoms with Gasteiger partial charge in [0.05, 0.1) is 4.90 Å². The molecule has 3 nitrogen and oxygen atoms in total. The van der Waals surface area contributed by atoms with Gasteiger partial charge in [0, 0.05) is 18.0 Å². The lowest BCUT2D eigenvalue weighted by Gasteiger charge is -2.14. The Bertz CT molecular complexity index is 496. The average Bonchev–Trinajstić information content (AvgIpc) is 2.63. The Morgan fingerprint density at radius 1 is 1.29 bits per heavy atom. The number of hydrogen-bond donors (Lipinski definition) is 1. The molecule has 0 aliphatic heterocycles. The molecular weight excluding hydrogens is 234 g/mol. The first kappa shape index (κ1) is 12.4. The van der Waals surface area contributed by atoms with E-state index in [2.05, 4.69) is 12.2 Å². The van der Waals surface area contributed by atoms with Crippen molar-refractivity contribution in [3.63, 3.8) is 0 Å². The predicted octanol–water partition coefficient (Wildman–Crippen LogP) is 2.69. The van der Waals surface area contributed by atoms with E-state index in [-0.39, 0.29) is 0 Å². The van der Waals surface area contributed by atoms with E-state index in [0.29, 0.717) is 10.9 Å². The zero-order valence-electron chi connectivity index (χ0n) is 10.3. The van der Waals surface area contributed by atoms with Crippen molar-refractivity contribution in [2.75, 3.05) is 11.6 Å². The summed E-state index contributed by atoms with van der Waals surface area (Å²) in [5.41, 5.74) is 0.909. The highest BCUT2D eigenvalue weighted by molar-refractivity contribution is 7.90. The second-order valence-electron chi connectivity index (χ2n) is 5.06. The number of hydrogen-bond acceptors (Lipinski definition) is 3. The van der Waals surface area contributed by atoms with Gasteiger partial charge in [-0.05, 0) is 43.4 Å². The van der Waals surface area contributed by atoms with Gasteiger partial charge in [-0.3, -0.25) is 0 Å². The summed E-state index contributed by atoms with van der Waals surface area (Å²) in [6.07, 6.45) is 4.83. The fourth-order valence-electron chi connectivity index (χ4n) is 2.39. The minimum absolute atomic E-state index is 0.383. The maximum absolute atomic E-state index is 11.4. The van der Waals surface area contributed by atoms with Crippen LogP contribution < -0.4 is 5.32 Å². The monoisotopic (exact) mass is 253 g/mol. The molecule has 2 rings (SSSR count). The van der Waals surface area contributed by atoms with E-state index in [1.165, 1.54) is 25.5 Å². The van der Waals surface area contributed by atoms with Crippen molar-refractivity contribution in [3.8, 4) is 0 Å². The Hall–Kier alpha value is -1.03. The molecule has 0 saturated heterocycles. The van der Waals surface area contributed by atoms with E-state index < -0.39 is 9.84 Å². The van der Waals surface area contributed by atoms with Gasteiger partial charge in [-0.25, -0.2) is 8.42 Å². The van der Waals surface area contributed by atoms with Crippen LogP contribution in [-0.4, -0.2) is 20.7 Å². The summed E-state index contributed by atoms with van der Waals surface area (Å²) in [6, 6.07) is 7.56. The van der Waals surface area contributed by atoms with Gasteiger partial charge in [0.25, 0.3) is 0 Å². The molecule has 1 aromatic rings. The van der Waals surface area contributed by atoms with Crippen molar-refractivity contribution in [1.29, 1.82) is 0 Å². The molecule has 2 atom stereocenters. The van der Waals surface area contributed by atoms with Crippen LogP contribution in [0, 0.1) is 5.92 Å². The Balaban J connectivity index is 2.12. The van der Waals surface area contributed by atoms with Gasteiger partial charge in [0.2, 0.25) is 0 Å². The summed E-state index contributed by atoms with van der Waals surface area (Å²) in [5.74, 6) is 0.769. The number of benzene rings is 1. The molecule has 1 aliphatic rings. The second-order valence-corrected chi connectivity index (χ2v) is 7.08. The summed E-state index contributed by atoms with van der Waals surface area (Å²) < 4.78 is 22.9. The molecule has 4 heteroatoms. The number of sulfone groups is 1. The minimum atomic E-state index is -3.11. The van der Waals surface area contributed by atoms with Crippen molar-refractivity contribution in [3.05, 3.63) is 24.3 Å². The highest BCUT2D eigenvalue weighted by Gasteiger charge is 2.21. The summed E-state index contributed by atoms with van der Waals surface area (Å²) in [6.45, 7) is 2.26. The van der Waals surface area contributed by atoms with E-state index in [1.807, 2.05) is 6.07 Å². The SMILES string of the molecule is CC1CCC(Nc2cccc(S(C)(=O)=O)c2)C1. The van der Waals surface area contributed by atoms with Gasteiger partial charge in [-0.15, -0.1) is 0 Å². The Kier molecular flexibility index (Phi) is 3.43. The predicted molar refractivity (Wildman–Crippen MR) is 70.0 cm³/mol. The molecule has 94 valence electrons. The third-order valence-electron chi connectivity index (χ3n) is 3.33. The molecule has 17 heavy (non-hydrogen) atoms. The van der Waals surface area contributed by atoms with Crippen LogP contribution >= 0.6 is 0 Å². The molecule has 1 saturated carbocycles. The Morgan fingerprint density at radius 3 is 2.65 bits per heavy atom. The fourth-order valence-corrected chi connectivity index (χ4v) is 3.06. The lowest BCUT2D eigenvalue weighted by Crippen LogP contribution is -2.15. The first-order valence-corrected chi connectivity index (χ1v) is 7.91. The summed E-state index contributed by atoms with van der Waals surface area (Å²) in [5, 5.41) is 3.42. The normalized spacial score (nSPS) is 24.8. The maximum Gasteiger partial charge on any atom is 0.175 e. The van der Waals surface area contributed by atoms with E-state index in [4.69, 9.17) is 0 Å². The van der Waals surface area contributed by atoms with Crippen LogP contribution in [0.2, 0.25) is 0 Å². The highest BCUT2D eigenvalue weighted by atomic mass is 32.2. The Labute approximate surface area is 103 Å². The lowest BCUT2D eigenvalue weighted by atomic mass is 10.1. The topological polar surface area (TPSA) is 46.2 Å². The quantitative estimate of drug-likeness (QED) is 0.901. The molecule has 1 aromatic carbocycles. The molecular formula is C13H19NO2S. The van der Waals surface area contributed by atoms with Crippen molar-refractivity contribution in [1.82, 2.24) is 0 Å². The molecule has 1 aliphatic carbocycles. The molecule has 2 unspecified atom stereocenters. The van der Waals surface area contributed by atoms with Crippen LogP contribution in [0.5, 0.6) is 0 Å². The zero-order chi connectivity index (χ0) is 12.5. The van der Waals surface area contributed by atoms with Crippen LogP contribution in [0.25, 0.3) is 0 Å². The largest absolute Gasteiger partial charge is 0.382 e. The first-order chi connectivity index (χ1) is 7.95. The molecule has 0 aromatic heterocycles. The van der Waals surface area contributed by atoms with Crippen LogP contribution in [0.1, 0.15) is 26.2 Å². The molecule has 0 amide bonds. The van der Waals surface area contributed by atoms with Crippen LogP contribution in [0.3, 0.4) is 0 Å². The standard InChI is InChI=1S/C13H19NO2S/c1-10-6-7-12(8-10)14-11-4-3-5-13(9-11)17(2,15)16/h3-5,9-10,12,14H,6-8H2,1-2H3. The minimum Gasteiger partial charge on any atom is -0.382 e. The zero-order valence-corrected chi connectivity index (χ0v) is 11.1. The van der Waals surface area contributed by atoms with Crippen molar-refractivity contribution < 1.29 is 8.42 Å².